The maximum absolute atomic E-state index is 5.59. The van der Waals surface area contributed by atoms with Gasteiger partial charge in [0.2, 0.25) is 0 Å². The second-order valence-corrected chi connectivity index (χ2v) is 7.04. The van der Waals surface area contributed by atoms with Crippen molar-refractivity contribution < 1.29 is 4.42 Å². The van der Waals surface area contributed by atoms with Crippen LogP contribution in [0.4, 0.5) is 0 Å². The summed E-state index contributed by atoms with van der Waals surface area (Å²) in [6.45, 7) is 7.98. The molecular weight excluding hydrogens is 451 g/mol. The van der Waals surface area contributed by atoms with Crippen molar-refractivity contribution in [3.63, 3.8) is 0 Å². The van der Waals surface area contributed by atoms with Gasteiger partial charge in [-0.05, 0) is 38.3 Å². The summed E-state index contributed by atoms with van der Waals surface area (Å²) in [5, 5.41) is 6.97. The summed E-state index contributed by atoms with van der Waals surface area (Å²) in [5.41, 5.74) is 2.57. The molecule has 1 aromatic heterocycles. The molecule has 2 aromatic rings. The highest BCUT2D eigenvalue weighted by Gasteiger charge is 2.20. The van der Waals surface area contributed by atoms with Crippen molar-refractivity contribution in [1.29, 1.82) is 0 Å². The third-order valence-corrected chi connectivity index (χ3v) is 4.99. The topological polar surface area (TPSA) is 52.8 Å². The van der Waals surface area contributed by atoms with Crippen LogP contribution in [0.5, 0.6) is 0 Å². The molecule has 1 fully saturated rings. The highest BCUT2D eigenvalue weighted by molar-refractivity contribution is 14.0. The Morgan fingerprint density at radius 3 is 2.48 bits per heavy atom. The molecule has 1 aromatic carbocycles. The van der Waals surface area contributed by atoms with Crippen molar-refractivity contribution in [1.82, 2.24) is 15.5 Å². The fraction of sp³-hybridized carbons (Fsp3) is 0.476. The minimum Gasteiger partial charge on any atom is -0.466 e. The summed E-state index contributed by atoms with van der Waals surface area (Å²) in [4.78, 5) is 6.90. The van der Waals surface area contributed by atoms with Crippen LogP contribution in [0.25, 0.3) is 0 Å². The van der Waals surface area contributed by atoms with Crippen molar-refractivity contribution >= 4 is 29.9 Å². The first-order valence-electron chi connectivity index (χ1n) is 9.43. The van der Waals surface area contributed by atoms with E-state index in [1.54, 1.807) is 0 Å². The Morgan fingerprint density at radius 2 is 1.89 bits per heavy atom. The van der Waals surface area contributed by atoms with E-state index < -0.39 is 0 Å². The zero-order valence-electron chi connectivity index (χ0n) is 16.5. The van der Waals surface area contributed by atoms with Gasteiger partial charge in [-0.3, -0.25) is 9.89 Å². The van der Waals surface area contributed by atoms with E-state index in [1.165, 1.54) is 11.1 Å². The molecule has 5 nitrogen and oxygen atoms in total. The van der Waals surface area contributed by atoms with Crippen LogP contribution in [0.3, 0.4) is 0 Å². The van der Waals surface area contributed by atoms with Crippen molar-refractivity contribution in [2.45, 2.75) is 45.8 Å². The predicted octanol–water partition coefficient (Wildman–Crippen LogP) is 3.84. The number of hydrogen-bond donors (Lipinski definition) is 2. The number of aryl methyl sites for hydroxylation is 2. The molecule has 2 N–H and O–H groups in total. The zero-order valence-corrected chi connectivity index (χ0v) is 18.8. The van der Waals surface area contributed by atoms with E-state index in [0.717, 1.165) is 56.5 Å². The van der Waals surface area contributed by atoms with E-state index in [1.807, 2.05) is 20.9 Å². The normalized spacial score (nSPS) is 16.0. The fourth-order valence-electron chi connectivity index (χ4n) is 3.50. The number of piperidine rings is 1. The van der Waals surface area contributed by atoms with Gasteiger partial charge in [-0.25, -0.2) is 0 Å². The van der Waals surface area contributed by atoms with E-state index in [2.05, 4.69) is 56.9 Å². The summed E-state index contributed by atoms with van der Waals surface area (Å²) < 4.78 is 5.59. The average molecular weight is 482 g/mol. The van der Waals surface area contributed by atoms with Gasteiger partial charge in [0.1, 0.15) is 11.5 Å². The number of hydrogen-bond acceptors (Lipinski definition) is 3. The lowest BCUT2D eigenvalue weighted by molar-refractivity contribution is 0.198. The summed E-state index contributed by atoms with van der Waals surface area (Å²) in [5.74, 6) is 2.79. The van der Waals surface area contributed by atoms with Crippen molar-refractivity contribution in [3.05, 3.63) is 59.0 Å². The molecule has 0 atom stereocenters. The molecular formula is C21H31IN4O. The van der Waals surface area contributed by atoms with Gasteiger partial charge >= 0.3 is 0 Å². The molecule has 0 spiro atoms. The Kier molecular flexibility index (Phi) is 8.63. The van der Waals surface area contributed by atoms with Gasteiger partial charge in [-0.1, -0.05) is 30.3 Å². The molecule has 6 heteroatoms. The molecule has 0 amide bonds. The Bertz CT molecular complexity index is 721. The average Bonchev–Trinajstić information content (AvgIpc) is 2.98. The van der Waals surface area contributed by atoms with E-state index in [0.29, 0.717) is 6.04 Å². The number of nitrogens with zero attached hydrogens (tertiary/aromatic N) is 2. The lowest BCUT2D eigenvalue weighted by atomic mass is 10.0. The maximum Gasteiger partial charge on any atom is 0.191 e. The summed E-state index contributed by atoms with van der Waals surface area (Å²) in [6.07, 6.45) is 2.27. The summed E-state index contributed by atoms with van der Waals surface area (Å²) in [7, 11) is 1.83. The van der Waals surface area contributed by atoms with Gasteiger partial charge in [-0.15, -0.1) is 24.0 Å². The second kappa shape index (κ2) is 10.7. The van der Waals surface area contributed by atoms with Crippen LogP contribution in [-0.2, 0) is 13.1 Å². The van der Waals surface area contributed by atoms with Gasteiger partial charge in [0.25, 0.3) is 0 Å². The highest BCUT2D eigenvalue weighted by Crippen LogP contribution is 2.15. The first kappa shape index (κ1) is 21.8. The molecule has 0 aliphatic carbocycles. The number of furan rings is 1. The van der Waals surface area contributed by atoms with E-state index in [9.17, 15) is 0 Å². The lowest BCUT2D eigenvalue weighted by Gasteiger charge is -2.33. The smallest absolute Gasteiger partial charge is 0.191 e. The Morgan fingerprint density at radius 1 is 1.19 bits per heavy atom. The van der Waals surface area contributed by atoms with Gasteiger partial charge < -0.3 is 15.1 Å². The summed E-state index contributed by atoms with van der Waals surface area (Å²) >= 11 is 0. The van der Waals surface area contributed by atoms with Crippen LogP contribution in [0, 0.1) is 13.8 Å². The minimum atomic E-state index is 0. The van der Waals surface area contributed by atoms with Gasteiger partial charge in [0, 0.05) is 44.8 Å². The monoisotopic (exact) mass is 482 g/mol. The first-order chi connectivity index (χ1) is 12.6. The maximum atomic E-state index is 5.59. The number of nitrogens with one attached hydrogen (secondary N) is 2. The minimum absolute atomic E-state index is 0. The van der Waals surface area contributed by atoms with Gasteiger partial charge in [-0.2, -0.15) is 0 Å². The van der Waals surface area contributed by atoms with Crippen LogP contribution >= 0.6 is 24.0 Å². The Balaban J connectivity index is 0.00000261. The van der Waals surface area contributed by atoms with Crippen molar-refractivity contribution in [2.75, 3.05) is 20.1 Å². The fourth-order valence-corrected chi connectivity index (χ4v) is 3.50. The Labute approximate surface area is 179 Å². The van der Waals surface area contributed by atoms with Crippen LogP contribution in [0.1, 0.15) is 35.5 Å². The van der Waals surface area contributed by atoms with Crippen LogP contribution in [0.2, 0.25) is 0 Å². The SMILES string of the molecule is CN=C(NCc1cc(C)oc1C)NC1CCN(Cc2ccccc2)CC1.I. The van der Waals surface area contributed by atoms with Crippen LogP contribution in [-0.4, -0.2) is 37.0 Å². The number of guanidine groups is 1. The quantitative estimate of drug-likeness (QED) is 0.387. The lowest BCUT2D eigenvalue weighted by Crippen LogP contribution is -2.48. The molecule has 0 saturated carbocycles. The van der Waals surface area contributed by atoms with Crippen molar-refractivity contribution in [3.8, 4) is 0 Å². The van der Waals surface area contributed by atoms with E-state index in [-0.39, 0.29) is 24.0 Å². The van der Waals surface area contributed by atoms with Gasteiger partial charge in [0.05, 0.1) is 0 Å². The van der Waals surface area contributed by atoms with Gasteiger partial charge in [0.15, 0.2) is 5.96 Å². The number of benzene rings is 1. The third kappa shape index (κ3) is 6.53. The second-order valence-electron chi connectivity index (χ2n) is 7.04. The van der Waals surface area contributed by atoms with E-state index >= 15 is 0 Å². The van der Waals surface area contributed by atoms with Crippen LogP contribution in [0.15, 0.2) is 45.8 Å². The number of rotatable bonds is 5. The Hall–Kier alpha value is -1.54. The summed E-state index contributed by atoms with van der Waals surface area (Å²) in [6, 6.07) is 13.3. The number of halogens is 1. The molecule has 27 heavy (non-hydrogen) atoms. The molecule has 1 aliphatic rings. The molecule has 3 rings (SSSR count). The third-order valence-electron chi connectivity index (χ3n) is 4.99. The number of aliphatic imine (C=N–C) groups is 1. The highest BCUT2D eigenvalue weighted by atomic mass is 127. The molecule has 0 bridgehead atoms. The first-order valence-corrected chi connectivity index (χ1v) is 9.43. The standard InChI is InChI=1S/C21H30N4O.HI/c1-16-13-19(17(2)26-16)14-23-21(22-3)24-20-9-11-25(12-10-20)15-18-7-5-4-6-8-18;/h4-8,13,20H,9-12,14-15H2,1-3H3,(H2,22,23,24);1H. The van der Waals surface area contributed by atoms with Crippen molar-refractivity contribution in [2.24, 2.45) is 4.99 Å². The molecule has 2 heterocycles. The molecule has 1 aliphatic heterocycles. The predicted molar refractivity (Wildman–Crippen MR) is 122 cm³/mol. The zero-order chi connectivity index (χ0) is 18.4. The molecule has 0 radical (unpaired) electrons. The molecule has 1 saturated heterocycles. The van der Waals surface area contributed by atoms with E-state index in [4.69, 9.17) is 4.42 Å². The molecule has 0 unspecified atom stereocenters. The molecule has 148 valence electrons. The number of likely N-dealkylation sites (tertiary alicyclic amines) is 1. The van der Waals surface area contributed by atoms with Crippen LogP contribution < -0.4 is 10.6 Å². The largest absolute Gasteiger partial charge is 0.466 e.